The van der Waals surface area contributed by atoms with Crippen molar-refractivity contribution in [2.45, 2.75) is 24.4 Å². The molecule has 1 saturated carbocycles. The van der Waals surface area contributed by atoms with Gasteiger partial charge in [-0.3, -0.25) is 0 Å². The highest BCUT2D eigenvalue weighted by atomic mass is 19.1. The van der Waals surface area contributed by atoms with Gasteiger partial charge in [0.2, 0.25) is 0 Å². The van der Waals surface area contributed by atoms with E-state index >= 15 is 0 Å². The van der Waals surface area contributed by atoms with E-state index in [-0.39, 0.29) is 11.5 Å². The van der Waals surface area contributed by atoms with Crippen LogP contribution in [-0.2, 0) is 0 Å². The third-order valence-corrected chi connectivity index (χ3v) is 3.79. The van der Waals surface area contributed by atoms with Crippen LogP contribution in [-0.4, -0.2) is 59.8 Å². The normalized spacial score (nSPS) is 33.9. The Balaban J connectivity index is 2.09. The summed E-state index contributed by atoms with van der Waals surface area (Å²) in [7, 11) is 0. The average Bonchev–Trinajstić information content (AvgIpc) is 2.92. The van der Waals surface area contributed by atoms with Crippen LogP contribution in [0.15, 0.2) is 12.7 Å². The Kier molecular flexibility index (Phi) is 3.04. The molecule has 20 heavy (non-hydrogen) atoms. The molecule has 1 aliphatic rings. The van der Waals surface area contributed by atoms with Crippen molar-refractivity contribution >= 4 is 17.0 Å². The van der Waals surface area contributed by atoms with Gasteiger partial charge in [0.05, 0.1) is 25.1 Å². The minimum Gasteiger partial charge on any atom is -0.396 e. The van der Waals surface area contributed by atoms with Gasteiger partial charge in [-0.15, -0.1) is 0 Å². The number of nitrogens with two attached hydrogens (primary N) is 1. The fourth-order valence-electron chi connectivity index (χ4n) is 2.70. The number of aromatic nitrogens is 4. The molecule has 0 aromatic carbocycles. The molecule has 3 rings (SSSR count). The molecule has 1 aliphatic carbocycles. The highest BCUT2D eigenvalue weighted by Crippen LogP contribution is 2.39. The van der Waals surface area contributed by atoms with Crippen molar-refractivity contribution in [3.8, 4) is 0 Å². The van der Waals surface area contributed by atoms with E-state index in [2.05, 4.69) is 15.0 Å². The van der Waals surface area contributed by atoms with Gasteiger partial charge < -0.3 is 25.6 Å². The Morgan fingerprint density at radius 1 is 1.25 bits per heavy atom. The van der Waals surface area contributed by atoms with E-state index < -0.39 is 36.9 Å². The maximum absolute atomic E-state index is 14.3. The molecule has 2 aromatic heterocycles. The maximum atomic E-state index is 14.3. The molecule has 0 bridgehead atoms. The van der Waals surface area contributed by atoms with Gasteiger partial charge in [0.25, 0.3) is 0 Å². The van der Waals surface area contributed by atoms with Gasteiger partial charge in [-0.05, 0) is 0 Å². The van der Waals surface area contributed by atoms with Crippen molar-refractivity contribution in [2.24, 2.45) is 5.92 Å². The Bertz CT molecular complexity index is 636. The molecule has 5 atom stereocenters. The van der Waals surface area contributed by atoms with Gasteiger partial charge in [0.1, 0.15) is 24.1 Å². The number of anilines is 1. The summed E-state index contributed by atoms with van der Waals surface area (Å²) in [6, 6.07) is -1.08. The Morgan fingerprint density at radius 2 is 2.00 bits per heavy atom. The second kappa shape index (κ2) is 4.62. The van der Waals surface area contributed by atoms with Crippen LogP contribution in [0.25, 0.3) is 11.2 Å². The largest absolute Gasteiger partial charge is 0.396 e. The topological polar surface area (TPSA) is 130 Å². The number of aliphatic hydroxyl groups is 3. The van der Waals surface area contributed by atoms with Crippen LogP contribution in [0.5, 0.6) is 0 Å². The second-order valence-corrected chi connectivity index (χ2v) is 4.85. The third-order valence-electron chi connectivity index (χ3n) is 3.79. The molecular weight excluding hydrogens is 269 g/mol. The zero-order valence-corrected chi connectivity index (χ0v) is 10.3. The lowest BCUT2D eigenvalue weighted by molar-refractivity contribution is -0.00496. The Hall–Kier alpha value is -1.84. The summed E-state index contributed by atoms with van der Waals surface area (Å²) < 4.78 is 15.7. The monoisotopic (exact) mass is 283 g/mol. The molecule has 0 radical (unpaired) electrons. The smallest absolute Gasteiger partial charge is 0.165 e. The van der Waals surface area contributed by atoms with E-state index in [1.54, 1.807) is 0 Å². The zero-order chi connectivity index (χ0) is 14.4. The lowest BCUT2D eigenvalue weighted by atomic mass is 10.1. The van der Waals surface area contributed by atoms with Crippen molar-refractivity contribution < 1.29 is 19.7 Å². The quantitative estimate of drug-likeness (QED) is 0.535. The first-order valence-corrected chi connectivity index (χ1v) is 6.10. The molecule has 0 spiro atoms. The number of fused-ring (bicyclic) bond motifs is 1. The summed E-state index contributed by atoms with van der Waals surface area (Å²) >= 11 is 0. The molecule has 0 aliphatic heterocycles. The Morgan fingerprint density at radius 3 is 2.65 bits per heavy atom. The molecule has 2 heterocycles. The van der Waals surface area contributed by atoms with Gasteiger partial charge >= 0.3 is 0 Å². The van der Waals surface area contributed by atoms with Crippen molar-refractivity contribution in [3.05, 3.63) is 12.7 Å². The second-order valence-electron chi connectivity index (χ2n) is 4.85. The highest BCUT2D eigenvalue weighted by molar-refractivity contribution is 5.81. The lowest BCUT2D eigenvalue weighted by Gasteiger charge is -2.19. The molecule has 0 amide bonds. The zero-order valence-electron chi connectivity index (χ0n) is 10.3. The van der Waals surface area contributed by atoms with Gasteiger partial charge in [-0.1, -0.05) is 0 Å². The molecular formula is C11H14FN5O3. The van der Waals surface area contributed by atoms with Crippen LogP contribution < -0.4 is 5.73 Å². The standard InChI is InChI=1S/C11H14FN5O3/c12-5-4(1-18)8(19)9(20)7(5)17-3-16-6-10(13)14-2-15-11(6)17/h2-5,7-9,18-20H,1H2,(H2,13,14,15)/t4-,5-,7+,8+,9-/m0/s1. The number of hydrogen-bond donors (Lipinski definition) is 4. The van der Waals surface area contributed by atoms with Gasteiger partial charge in [-0.25, -0.2) is 19.3 Å². The molecule has 8 nitrogen and oxygen atoms in total. The van der Waals surface area contributed by atoms with E-state index in [1.807, 2.05) is 0 Å². The van der Waals surface area contributed by atoms with Crippen LogP contribution >= 0.6 is 0 Å². The van der Waals surface area contributed by atoms with E-state index in [9.17, 15) is 14.6 Å². The lowest BCUT2D eigenvalue weighted by Crippen LogP contribution is -2.30. The minimum atomic E-state index is -1.63. The van der Waals surface area contributed by atoms with E-state index in [0.29, 0.717) is 5.52 Å². The fraction of sp³-hybridized carbons (Fsp3) is 0.545. The van der Waals surface area contributed by atoms with Crippen LogP contribution in [0, 0.1) is 5.92 Å². The molecule has 108 valence electrons. The van der Waals surface area contributed by atoms with Crippen LogP contribution in [0.1, 0.15) is 6.04 Å². The van der Waals surface area contributed by atoms with Crippen molar-refractivity contribution in [1.29, 1.82) is 0 Å². The highest BCUT2D eigenvalue weighted by Gasteiger charge is 2.51. The first-order valence-electron chi connectivity index (χ1n) is 6.10. The number of nitrogen functional groups attached to an aromatic ring is 1. The van der Waals surface area contributed by atoms with E-state index in [4.69, 9.17) is 10.8 Å². The number of rotatable bonds is 2. The predicted molar refractivity (Wildman–Crippen MR) is 66.3 cm³/mol. The fourth-order valence-corrected chi connectivity index (χ4v) is 2.70. The summed E-state index contributed by atoms with van der Waals surface area (Å²) in [5.74, 6) is -0.900. The SMILES string of the molecule is Nc1ncnc2c1ncn2[C@H]1[C@H](O)[C@H](O)[C@@H](CO)[C@@H]1F. The third kappa shape index (κ3) is 1.67. The average molecular weight is 283 g/mol. The van der Waals surface area contributed by atoms with Crippen LogP contribution in [0.2, 0.25) is 0 Å². The first kappa shape index (κ1) is 13.2. The summed E-state index contributed by atoms with van der Waals surface area (Å²) in [6.07, 6.45) is -1.83. The van der Waals surface area contributed by atoms with E-state index in [1.165, 1.54) is 17.2 Å². The van der Waals surface area contributed by atoms with Gasteiger partial charge in [-0.2, -0.15) is 0 Å². The molecule has 5 N–H and O–H groups in total. The number of halogens is 1. The summed E-state index contributed by atoms with van der Waals surface area (Å²) in [5.41, 5.74) is 6.22. The van der Waals surface area contributed by atoms with Gasteiger partial charge in [0, 0.05) is 5.92 Å². The first-order chi connectivity index (χ1) is 9.56. The van der Waals surface area contributed by atoms with Crippen LogP contribution in [0.4, 0.5) is 10.2 Å². The van der Waals surface area contributed by atoms with E-state index in [0.717, 1.165) is 0 Å². The molecule has 2 aromatic rings. The van der Waals surface area contributed by atoms with Gasteiger partial charge in [0.15, 0.2) is 11.5 Å². The number of alkyl halides is 1. The molecule has 1 fully saturated rings. The van der Waals surface area contributed by atoms with Crippen LogP contribution in [0.3, 0.4) is 0 Å². The summed E-state index contributed by atoms with van der Waals surface area (Å²) in [6.45, 7) is -0.556. The Labute approximate surface area is 112 Å². The maximum Gasteiger partial charge on any atom is 0.165 e. The van der Waals surface area contributed by atoms with Crippen molar-refractivity contribution in [1.82, 2.24) is 19.5 Å². The predicted octanol–water partition coefficient (Wildman–Crippen LogP) is -1.37. The number of nitrogens with zero attached hydrogens (tertiary/aromatic N) is 4. The number of imidazole rings is 1. The number of hydrogen-bond acceptors (Lipinski definition) is 7. The molecule has 0 saturated heterocycles. The van der Waals surface area contributed by atoms with Crippen molar-refractivity contribution in [2.75, 3.05) is 12.3 Å². The minimum absolute atomic E-state index is 0.149. The molecule has 9 heteroatoms. The van der Waals surface area contributed by atoms with Crippen molar-refractivity contribution in [3.63, 3.8) is 0 Å². The molecule has 0 unspecified atom stereocenters. The number of aliphatic hydroxyl groups excluding tert-OH is 3. The summed E-state index contributed by atoms with van der Waals surface area (Å²) in [5, 5.41) is 28.9. The summed E-state index contributed by atoms with van der Waals surface area (Å²) in [4.78, 5) is 11.8.